The van der Waals surface area contributed by atoms with Crippen molar-refractivity contribution >= 4 is 5.69 Å². The number of benzene rings is 1. The third-order valence-electron chi connectivity index (χ3n) is 2.51. The molecular formula is C11H11FN4O4. The lowest BCUT2D eigenvalue weighted by Gasteiger charge is -2.03. The van der Waals surface area contributed by atoms with Crippen LogP contribution in [0.25, 0.3) is 11.5 Å². The first-order valence-corrected chi connectivity index (χ1v) is 5.55. The van der Waals surface area contributed by atoms with Gasteiger partial charge in [-0.3, -0.25) is 10.1 Å². The molecular weight excluding hydrogens is 271 g/mol. The molecule has 9 heteroatoms. The highest BCUT2D eigenvalue weighted by molar-refractivity contribution is 5.56. The first-order chi connectivity index (χ1) is 9.52. The Morgan fingerprint density at radius 3 is 2.95 bits per heavy atom. The summed E-state index contributed by atoms with van der Waals surface area (Å²) in [5.41, 5.74) is 5.32. The minimum atomic E-state index is -0.824. The van der Waals surface area contributed by atoms with E-state index in [0.29, 0.717) is 0 Å². The molecule has 0 aliphatic carbocycles. The minimum Gasteiger partial charge on any atom is -0.383 e. The van der Waals surface area contributed by atoms with Gasteiger partial charge in [-0.25, -0.2) is 4.39 Å². The number of hydrogen-bond acceptors (Lipinski definition) is 7. The van der Waals surface area contributed by atoms with Gasteiger partial charge in [0.2, 0.25) is 0 Å². The smallest absolute Gasteiger partial charge is 0.272 e. The molecule has 0 aliphatic heterocycles. The molecule has 1 unspecified atom stereocenters. The molecule has 8 nitrogen and oxygen atoms in total. The van der Waals surface area contributed by atoms with E-state index in [1.165, 1.54) is 13.2 Å². The van der Waals surface area contributed by atoms with Crippen LogP contribution in [0.4, 0.5) is 10.1 Å². The summed E-state index contributed by atoms with van der Waals surface area (Å²) < 4.78 is 23.5. The van der Waals surface area contributed by atoms with Crippen LogP contribution in [0, 0.1) is 15.9 Å². The molecule has 106 valence electrons. The Morgan fingerprint density at radius 1 is 1.60 bits per heavy atom. The van der Waals surface area contributed by atoms with Crippen LogP contribution >= 0.6 is 0 Å². The Bertz CT molecular complexity index is 631. The number of non-ortho nitro benzene ring substituents is 1. The van der Waals surface area contributed by atoms with Crippen molar-refractivity contribution in [3.8, 4) is 11.5 Å². The maximum Gasteiger partial charge on any atom is 0.272 e. The Kier molecular flexibility index (Phi) is 4.01. The van der Waals surface area contributed by atoms with Crippen LogP contribution in [0.1, 0.15) is 11.9 Å². The number of nitro benzene ring substituents is 1. The molecule has 0 aliphatic rings. The first kappa shape index (κ1) is 14.0. The van der Waals surface area contributed by atoms with Crippen LogP contribution in [0.2, 0.25) is 0 Å². The van der Waals surface area contributed by atoms with Gasteiger partial charge in [0, 0.05) is 13.2 Å². The van der Waals surface area contributed by atoms with Gasteiger partial charge in [-0.15, -0.1) is 0 Å². The number of halogens is 1. The van der Waals surface area contributed by atoms with Gasteiger partial charge in [0.05, 0.1) is 29.2 Å². The Labute approximate surface area is 112 Å². The van der Waals surface area contributed by atoms with Gasteiger partial charge in [0.25, 0.3) is 11.6 Å². The van der Waals surface area contributed by atoms with Crippen molar-refractivity contribution in [1.29, 1.82) is 0 Å². The molecule has 0 amide bonds. The van der Waals surface area contributed by atoms with Crippen molar-refractivity contribution in [2.45, 2.75) is 6.04 Å². The van der Waals surface area contributed by atoms with Crippen molar-refractivity contribution in [2.24, 2.45) is 5.73 Å². The van der Waals surface area contributed by atoms with E-state index in [4.69, 9.17) is 15.0 Å². The average Bonchev–Trinajstić information content (AvgIpc) is 2.88. The van der Waals surface area contributed by atoms with Crippen molar-refractivity contribution in [3.05, 3.63) is 40.0 Å². The normalized spacial score (nSPS) is 12.3. The number of nitrogens with two attached hydrogens (primary N) is 1. The number of ether oxygens (including phenoxy) is 1. The standard InChI is InChI=1S/C11H11FN4O4/c1-19-5-9(13)10-14-11(20-15-10)7-3-2-6(16(17)18)4-8(7)12/h2-4,9H,5,13H2,1H3. The summed E-state index contributed by atoms with van der Waals surface area (Å²) in [6.45, 7) is 0.182. The average molecular weight is 282 g/mol. The summed E-state index contributed by atoms with van der Waals surface area (Å²) in [6.07, 6.45) is 0. The molecule has 0 fully saturated rings. The van der Waals surface area contributed by atoms with E-state index in [1.54, 1.807) is 0 Å². The zero-order valence-corrected chi connectivity index (χ0v) is 10.4. The van der Waals surface area contributed by atoms with Crippen LogP contribution in [0.5, 0.6) is 0 Å². The van der Waals surface area contributed by atoms with Gasteiger partial charge >= 0.3 is 0 Å². The van der Waals surface area contributed by atoms with Gasteiger partial charge in [-0.2, -0.15) is 4.98 Å². The highest BCUT2D eigenvalue weighted by Crippen LogP contribution is 2.25. The highest BCUT2D eigenvalue weighted by Gasteiger charge is 2.19. The van der Waals surface area contributed by atoms with E-state index in [-0.39, 0.29) is 29.6 Å². The van der Waals surface area contributed by atoms with Gasteiger partial charge < -0.3 is 15.0 Å². The van der Waals surface area contributed by atoms with E-state index in [0.717, 1.165) is 12.1 Å². The van der Waals surface area contributed by atoms with Gasteiger partial charge in [0.1, 0.15) is 5.82 Å². The summed E-state index contributed by atoms with van der Waals surface area (Å²) >= 11 is 0. The molecule has 0 saturated carbocycles. The van der Waals surface area contributed by atoms with Crippen molar-refractivity contribution < 1.29 is 18.6 Å². The van der Waals surface area contributed by atoms with Gasteiger partial charge in [-0.1, -0.05) is 5.16 Å². The summed E-state index contributed by atoms with van der Waals surface area (Å²) in [4.78, 5) is 13.8. The SMILES string of the molecule is COCC(N)c1noc(-c2ccc([N+](=O)[O-])cc2F)n1. The third kappa shape index (κ3) is 2.78. The van der Waals surface area contributed by atoms with E-state index in [1.807, 2.05) is 0 Å². The summed E-state index contributed by atoms with van der Waals surface area (Å²) in [6, 6.07) is 2.54. The fourth-order valence-corrected chi connectivity index (χ4v) is 1.54. The quantitative estimate of drug-likeness (QED) is 0.651. The van der Waals surface area contributed by atoms with Crippen LogP contribution < -0.4 is 5.73 Å². The predicted molar refractivity (Wildman–Crippen MR) is 65.2 cm³/mol. The zero-order valence-electron chi connectivity index (χ0n) is 10.4. The molecule has 0 bridgehead atoms. The molecule has 2 N–H and O–H groups in total. The second kappa shape index (κ2) is 5.72. The summed E-state index contributed by atoms with van der Waals surface area (Å²) in [7, 11) is 1.47. The third-order valence-corrected chi connectivity index (χ3v) is 2.51. The number of methoxy groups -OCH3 is 1. The molecule has 20 heavy (non-hydrogen) atoms. The Morgan fingerprint density at radius 2 is 2.35 bits per heavy atom. The largest absolute Gasteiger partial charge is 0.383 e. The Hall–Kier alpha value is -2.39. The van der Waals surface area contributed by atoms with Gasteiger partial charge in [0.15, 0.2) is 5.82 Å². The van der Waals surface area contributed by atoms with E-state index >= 15 is 0 Å². The lowest BCUT2D eigenvalue weighted by molar-refractivity contribution is -0.385. The van der Waals surface area contributed by atoms with Crippen LogP contribution in [0.15, 0.2) is 22.7 Å². The lowest BCUT2D eigenvalue weighted by Crippen LogP contribution is -2.17. The number of hydrogen-bond donors (Lipinski definition) is 1. The van der Waals surface area contributed by atoms with Crippen LogP contribution in [-0.2, 0) is 4.74 Å². The Balaban J connectivity index is 2.30. The predicted octanol–water partition coefficient (Wildman–Crippen LogP) is 1.43. The molecule has 1 aromatic heterocycles. The minimum absolute atomic E-state index is 0.0287. The number of aromatic nitrogens is 2. The summed E-state index contributed by atoms with van der Waals surface area (Å²) in [5, 5.41) is 14.1. The molecule has 0 radical (unpaired) electrons. The van der Waals surface area contributed by atoms with Crippen LogP contribution in [-0.4, -0.2) is 28.8 Å². The monoisotopic (exact) mass is 282 g/mol. The van der Waals surface area contributed by atoms with E-state index in [9.17, 15) is 14.5 Å². The van der Waals surface area contributed by atoms with E-state index < -0.39 is 16.8 Å². The molecule has 1 aromatic carbocycles. The second-order valence-corrected chi connectivity index (χ2v) is 3.94. The fraction of sp³-hybridized carbons (Fsp3) is 0.273. The molecule has 1 heterocycles. The van der Waals surface area contributed by atoms with Crippen molar-refractivity contribution in [1.82, 2.24) is 10.1 Å². The lowest BCUT2D eigenvalue weighted by atomic mass is 10.2. The van der Waals surface area contributed by atoms with E-state index in [2.05, 4.69) is 10.1 Å². The summed E-state index contributed by atoms with van der Waals surface area (Å²) in [5.74, 6) is -0.756. The number of nitro groups is 1. The molecule has 0 spiro atoms. The molecule has 0 saturated heterocycles. The zero-order chi connectivity index (χ0) is 14.7. The first-order valence-electron chi connectivity index (χ1n) is 5.55. The fourth-order valence-electron chi connectivity index (χ4n) is 1.54. The molecule has 2 rings (SSSR count). The van der Waals surface area contributed by atoms with Gasteiger partial charge in [-0.05, 0) is 6.07 Å². The van der Waals surface area contributed by atoms with Crippen molar-refractivity contribution in [3.63, 3.8) is 0 Å². The maximum atomic E-state index is 13.8. The topological polar surface area (TPSA) is 117 Å². The molecule has 2 aromatic rings. The van der Waals surface area contributed by atoms with Crippen molar-refractivity contribution in [2.75, 3.05) is 13.7 Å². The second-order valence-electron chi connectivity index (χ2n) is 3.94. The molecule has 1 atom stereocenters. The highest BCUT2D eigenvalue weighted by atomic mass is 19.1. The maximum absolute atomic E-state index is 13.8. The number of nitrogens with zero attached hydrogens (tertiary/aromatic N) is 3. The number of rotatable bonds is 5. The van der Waals surface area contributed by atoms with Crippen LogP contribution in [0.3, 0.4) is 0 Å².